The van der Waals surface area contributed by atoms with Crippen LogP contribution in [0, 0.1) is 0 Å². The molecule has 3 N–H and O–H groups in total. The minimum Gasteiger partial charge on any atom is -0.383 e. The second-order valence-corrected chi connectivity index (χ2v) is 5.37. The van der Waals surface area contributed by atoms with Crippen molar-refractivity contribution >= 4 is 23.5 Å². The zero-order chi connectivity index (χ0) is 13.0. The molecule has 18 heavy (non-hydrogen) atoms. The van der Waals surface area contributed by atoms with Gasteiger partial charge in [0.1, 0.15) is 11.5 Å². The van der Waals surface area contributed by atoms with Crippen LogP contribution in [-0.2, 0) is 4.74 Å². The van der Waals surface area contributed by atoms with Gasteiger partial charge in [-0.25, -0.2) is 0 Å². The second-order valence-electron chi connectivity index (χ2n) is 4.22. The molecular formula is C11H18N4O2S. The van der Waals surface area contributed by atoms with Gasteiger partial charge in [-0.1, -0.05) is 0 Å². The second kappa shape index (κ2) is 6.10. The third-order valence-corrected chi connectivity index (χ3v) is 4.12. The number of methoxy groups -OCH3 is 1. The molecule has 1 unspecified atom stereocenters. The van der Waals surface area contributed by atoms with Gasteiger partial charge in [-0.15, -0.1) is 0 Å². The molecule has 0 bridgehead atoms. The largest absolute Gasteiger partial charge is 0.383 e. The summed E-state index contributed by atoms with van der Waals surface area (Å²) in [5.74, 6) is 2.38. The highest BCUT2D eigenvalue weighted by molar-refractivity contribution is 7.99. The maximum Gasteiger partial charge on any atom is 0.272 e. The Kier molecular flexibility index (Phi) is 4.48. The van der Waals surface area contributed by atoms with Crippen molar-refractivity contribution in [1.29, 1.82) is 0 Å². The van der Waals surface area contributed by atoms with Gasteiger partial charge in [-0.05, 0) is 12.2 Å². The summed E-state index contributed by atoms with van der Waals surface area (Å²) >= 11 is 1.88. The molecule has 6 nitrogen and oxygen atoms in total. The Morgan fingerprint density at radius 2 is 2.61 bits per heavy atom. The molecule has 7 heteroatoms. The number of nitrogens with two attached hydrogens (primary N) is 1. The Bertz CT molecular complexity index is 404. The lowest BCUT2D eigenvalue weighted by Gasteiger charge is -2.27. The van der Waals surface area contributed by atoms with Gasteiger partial charge in [0.2, 0.25) is 0 Å². The van der Waals surface area contributed by atoms with Crippen LogP contribution in [-0.4, -0.2) is 58.8 Å². The van der Waals surface area contributed by atoms with Crippen molar-refractivity contribution in [2.45, 2.75) is 12.5 Å². The molecule has 0 aliphatic carbocycles. The number of nitrogens with zero attached hydrogens (tertiary/aromatic N) is 2. The number of rotatable bonds is 5. The Balaban J connectivity index is 2.09. The number of ether oxygens (including phenoxy) is 1. The highest BCUT2D eigenvalue weighted by Crippen LogP contribution is 2.23. The molecule has 0 aromatic carbocycles. The van der Waals surface area contributed by atoms with Crippen LogP contribution in [0.5, 0.6) is 0 Å². The van der Waals surface area contributed by atoms with Gasteiger partial charge >= 0.3 is 0 Å². The topological polar surface area (TPSA) is 84.2 Å². The van der Waals surface area contributed by atoms with Gasteiger partial charge in [-0.3, -0.25) is 9.89 Å². The van der Waals surface area contributed by atoms with E-state index in [1.165, 1.54) is 0 Å². The highest BCUT2D eigenvalue weighted by Gasteiger charge is 2.28. The lowest BCUT2D eigenvalue weighted by Crippen LogP contribution is -2.42. The van der Waals surface area contributed by atoms with Crippen LogP contribution in [0.1, 0.15) is 16.9 Å². The number of aromatic amines is 1. The van der Waals surface area contributed by atoms with Crippen LogP contribution in [0.3, 0.4) is 0 Å². The Hall–Kier alpha value is -1.21. The summed E-state index contributed by atoms with van der Waals surface area (Å²) in [6.07, 6.45) is 1.03. The average molecular weight is 270 g/mol. The lowest BCUT2D eigenvalue weighted by molar-refractivity contribution is 0.0619. The number of thioether (sulfide) groups is 1. The maximum absolute atomic E-state index is 12.4. The zero-order valence-corrected chi connectivity index (χ0v) is 11.2. The minimum atomic E-state index is -0.0521. The smallest absolute Gasteiger partial charge is 0.272 e. The van der Waals surface area contributed by atoms with E-state index in [0.717, 1.165) is 17.9 Å². The van der Waals surface area contributed by atoms with E-state index in [2.05, 4.69) is 10.2 Å². The van der Waals surface area contributed by atoms with Gasteiger partial charge in [0, 0.05) is 31.5 Å². The molecule has 0 radical (unpaired) electrons. The number of nitrogen functional groups attached to an aromatic ring is 1. The van der Waals surface area contributed by atoms with E-state index in [4.69, 9.17) is 10.5 Å². The van der Waals surface area contributed by atoms with E-state index >= 15 is 0 Å². The summed E-state index contributed by atoms with van der Waals surface area (Å²) in [7, 11) is 1.64. The fraction of sp³-hybridized carbons (Fsp3) is 0.636. The van der Waals surface area contributed by atoms with Gasteiger partial charge in [0.05, 0.1) is 6.61 Å². The molecule has 0 spiro atoms. The third kappa shape index (κ3) is 2.97. The standard InChI is InChI=1S/C11H18N4O2S/c1-17-4-3-15(8-2-5-18-7-8)11(16)9-6-10(12)14-13-9/h6,8H,2-5,7H2,1H3,(H3,12,13,14). The predicted molar refractivity (Wildman–Crippen MR) is 71.6 cm³/mol. The van der Waals surface area contributed by atoms with Crippen molar-refractivity contribution < 1.29 is 9.53 Å². The first kappa shape index (κ1) is 13.2. The number of hydrogen-bond acceptors (Lipinski definition) is 5. The lowest BCUT2D eigenvalue weighted by atomic mass is 10.2. The van der Waals surface area contributed by atoms with Gasteiger partial charge < -0.3 is 15.4 Å². The molecule has 0 saturated carbocycles. The molecule has 1 fully saturated rings. The number of carbonyl (C=O) groups is 1. The van der Waals surface area contributed by atoms with Gasteiger partial charge in [0.25, 0.3) is 5.91 Å². The average Bonchev–Trinajstić information content (AvgIpc) is 3.00. The summed E-state index contributed by atoms with van der Waals surface area (Å²) < 4.78 is 5.07. The number of anilines is 1. The molecule has 2 rings (SSSR count). The van der Waals surface area contributed by atoms with Crippen LogP contribution in [0.25, 0.3) is 0 Å². The van der Waals surface area contributed by atoms with Crippen molar-refractivity contribution in [2.24, 2.45) is 0 Å². The van der Waals surface area contributed by atoms with Crippen LogP contribution in [0.4, 0.5) is 5.82 Å². The summed E-state index contributed by atoms with van der Waals surface area (Å²) in [6.45, 7) is 1.13. The Labute approximate surface area is 110 Å². The number of aromatic nitrogens is 2. The predicted octanol–water partition coefficient (Wildman–Crippen LogP) is 0.586. The molecule has 1 saturated heterocycles. The first-order valence-corrected chi connectivity index (χ1v) is 7.06. The summed E-state index contributed by atoms with van der Waals surface area (Å²) in [4.78, 5) is 14.2. The molecule has 100 valence electrons. The number of carbonyl (C=O) groups excluding carboxylic acids is 1. The van der Waals surface area contributed by atoms with Crippen molar-refractivity contribution in [3.8, 4) is 0 Å². The van der Waals surface area contributed by atoms with E-state index < -0.39 is 0 Å². The first-order chi connectivity index (χ1) is 8.72. The molecule has 1 atom stereocenters. The van der Waals surface area contributed by atoms with E-state index in [0.29, 0.717) is 24.7 Å². The fourth-order valence-electron chi connectivity index (χ4n) is 2.01. The van der Waals surface area contributed by atoms with Crippen molar-refractivity contribution in [1.82, 2.24) is 15.1 Å². The van der Waals surface area contributed by atoms with E-state index in [-0.39, 0.29) is 11.9 Å². The number of hydrogen-bond donors (Lipinski definition) is 2. The van der Waals surface area contributed by atoms with Crippen molar-refractivity contribution in [3.63, 3.8) is 0 Å². The third-order valence-electron chi connectivity index (χ3n) is 2.97. The molecule has 1 aromatic rings. The summed E-state index contributed by atoms with van der Waals surface area (Å²) in [6, 6.07) is 1.85. The zero-order valence-electron chi connectivity index (χ0n) is 10.4. The Morgan fingerprint density at radius 1 is 1.78 bits per heavy atom. The number of nitrogens with one attached hydrogen (secondary N) is 1. The number of H-pyrrole nitrogens is 1. The summed E-state index contributed by atoms with van der Waals surface area (Å²) in [5.41, 5.74) is 5.97. The molecule has 2 heterocycles. The fourth-order valence-corrected chi connectivity index (χ4v) is 3.23. The van der Waals surface area contributed by atoms with Gasteiger partial charge in [-0.2, -0.15) is 16.9 Å². The van der Waals surface area contributed by atoms with E-state index in [1.54, 1.807) is 13.2 Å². The van der Waals surface area contributed by atoms with E-state index in [9.17, 15) is 4.79 Å². The molecule has 1 aliphatic heterocycles. The van der Waals surface area contributed by atoms with Crippen LogP contribution < -0.4 is 5.73 Å². The highest BCUT2D eigenvalue weighted by atomic mass is 32.2. The monoisotopic (exact) mass is 270 g/mol. The van der Waals surface area contributed by atoms with Crippen LogP contribution in [0.15, 0.2) is 6.07 Å². The molecule has 1 amide bonds. The van der Waals surface area contributed by atoms with E-state index in [1.807, 2.05) is 16.7 Å². The maximum atomic E-state index is 12.4. The Morgan fingerprint density at radius 3 is 3.17 bits per heavy atom. The van der Waals surface area contributed by atoms with Gasteiger partial charge in [0.15, 0.2) is 0 Å². The SMILES string of the molecule is COCCN(C(=O)c1cc(N)n[nH]1)C1CCSC1. The minimum absolute atomic E-state index is 0.0521. The molecular weight excluding hydrogens is 252 g/mol. The molecule has 1 aliphatic rings. The number of amides is 1. The van der Waals surface area contributed by atoms with Crippen molar-refractivity contribution in [2.75, 3.05) is 37.5 Å². The normalized spacial score (nSPS) is 19.1. The first-order valence-electron chi connectivity index (χ1n) is 5.91. The molecule has 1 aromatic heterocycles. The quantitative estimate of drug-likeness (QED) is 0.818. The van der Waals surface area contributed by atoms with Crippen LogP contribution >= 0.6 is 11.8 Å². The van der Waals surface area contributed by atoms with Crippen molar-refractivity contribution in [3.05, 3.63) is 11.8 Å². The summed E-state index contributed by atoms with van der Waals surface area (Å²) in [5, 5.41) is 6.47. The van der Waals surface area contributed by atoms with Crippen LogP contribution in [0.2, 0.25) is 0 Å².